The molecule has 0 heterocycles. The van der Waals surface area contributed by atoms with Crippen LogP contribution in [0.1, 0.15) is 21.5 Å². The van der Waals surface area contributed by atoms with E-state index in [4.69, 9.17) is 5.26 Å². The van der Waals surface area contributed by atoms with Gasteiger partial charge in [0.05, 0.1) is 17.2 Å². The van der Waals surface area contributed by atoms with Gasteiger partial charge in [0.25, 0.3) is 5.91 Å². The third kappa shape index (κ3) is 4.75. The zero-order chi connectivity index (χ0) is 19.5. The summed E-state index contributed by atoms with van der Waals surface area (Å²) in [5.74, 6) is -1.17. The topological polar surface area (TPSA) is 44.1 Å². The van der Waals surface area contributed by atoms with Gasteiger partial charge in [0.15, 0.2) is 0 Å². The SMILES string of the molecule is N#Cc1cccc(C(=O)N(CC(F)(F)F)c2cccc(C(F)(F)F)c2)c1. The van der Waals surface area contributed by atoms with Crippen molar-refractivity contribution < 1.29 is 31.1 Å². The predicted octanol–water partition coefficient (Wildman–Crippen LogP) is 4.79. The van der Waals surface area contributed by atoms with Gasteiger partial charge in [-0.2, -0.15) is 31.6 Å². The molecule has 0 radical (unpaired) electrons. The maximum atomic E-state index is 12.9. The van der Waals surface area contributed by atoms with E-state index in [-0.39, 0.29) is 16.0 Å². The molecule has 0 atom stereocenters. The summed E-state index contributed by atoms with van der Waals surface area (Å²) in [5, 5.41) is 8.83. The fourth-order valence-electron chi connectivity index (χ4n) is 2.19. The zero-order valence-corrected chi connectivity index (χ0v) is 12.9. The number of amides is 1. The fourth-order valence-corrected chi connectivity index (χ4v) is 2.19. The average Bonchev–Trinajstić information content (AvgIpc) is 2.58. The van der Waals surface area contributed by atoms with E-state index in [1.807, 2.05) is 0 Å². The van der Waals surface area contributed by atoms with Crippen molar-refractivity contribution in [1.29, 1.82) is 5.26 Å². The highest BCUT2D eigenvalue weighted by molar-refractivity contribution is 6.06. The van der Waals surface area contributed by atoms with Crippen molar-refractivity contribution >= 4 is 11.6 Å². The first-order valence-corrected chi connectivity index (χ1v) is 7.07. The largest absolute Gasteiger partial charge is 0.416 e. The number of halogens is 6. The van der Waals surface area contributed by atoms with Gasteiger partial charge in [0.1, 0.15) is 6.54 Å². The van der Waals surface area contributed by atoms with Crippen LogP contribution in [0.15, 0.2) is 48.5 Å². The van der Waals surface area contributed by atoms with E-state index in [1.165, 1.54) is 18.2 Å². The first kappa shape index (κ1) is 19.3. The summed E-state index contributed by atoms with van der Waals surface area (Å²) in [6.07, 6.45) is -9.61. The lowest BCUT2D eigenvalue weighted by molar-refractivity contribution is -0.137. The molecular weight excluding hydrogens is 362 g/mol. The summed E-state index contributed by atoms with van der Waals surface area (Å²) in [7, 11) is 0. The van der Waals surface area contributed by atoms with Gasteiger partial charge in [-0.05, 0) is 36.4 Å². The minimum absolute atomic E-state index is 0.0341. The van der Waals surface area contributed by atoms with E-state index in [9.17, 15) is 31.1 Å². The number of alkyl halides is 6. The summed E-state index contributed by atoms with van der Waals surface area (Å²) in [6, 6.07) is 9.68. The molecule has 0 unspecified atom stereocenters. The van der Waals surface area contributed by atoms with Crippen molar-refractivity contribution in [3.63, 3.8) is 0 Å². The molecule has 26 heavy (non-hydrogen) atoms. The van der Waals surface area contributed by atoms with Gasteiger partial charge in [-0.3, -0.25) is 9.69 Å². The second-order valence-corrected chi connectivity index (χ2v) is 5.25. The Labute approximate surface area is 144 Å². The van der Waals surface area contributed by atoms with Crippen LogP contribution >= 0.6 is 0 Å². The number of nitrogens with zero attached hydrogens (tertiary/aromatic N) is 2. The Morgan fingerprint density at radius 1 is 1.00 bits per heavy atom. The van der Waals surface area contributed by atoms with Crippen LogP contribution in [0.5, 0.6) is 0 Å². The predicted molar refractivity (Wildman–Crippen MR) is 80.3 cm³/mol. The number of rotatable bonds is 3. The molecule has 0 aliphatic carbocycles. The van der Waals surface area contributed by atoms with Gasteiger partial charge in [0, 0.05) is 11.3 Å². The van der Waals surface area contributed by atoms with Gasteiger partial charge in [-0.1, -0.05) is 12.1 Å². The molecule has 0 aromatic heterocycles. The van der Waals surface area contributed by atoms with Gasteiger partial charge >= 0.3 is 12.4 Å². The minimum atomic E-state index is -4.84. The molecule has 9 heteroatoms. The van der Waals surface area contributed by atoms with Gasteiger partial charge < -0.3 is 0 Å². The number of carbonyl (C=O) groups excluding carboxylic acids is 1. The number of benzene rings is 2. The molecule has 0 fully saturated rings. The van der Waals surface area contributed by atoms with E-state index < -0.39 is 36.1 Å². The maximum absolute atomic E-state index is 12.9. The number of carbonyl (C=O) groups is 1. The van der Waals surface area contributed by atoms with Crippen molar-refractivity contribution in [2.75, 3.05) is 11.4 Å². The molecule has 3 nitrogen and oxygen atoms in total. The minimum Gasteiger partial charge on any atom is -0.299 e. The molecule has 0 bridgehead atoms. The van der Waals surface area contributed by atoms with E-state index >= 15 is 0 Å². The van der Waals surface area contributed by atoms with Gasteiger partial charge in [-0.25, -0.2) is 0 Å². The Balaban J connectivity index is 2.50. The molecule has 2 aromatic rings. The molecule has 0 spiro atoms. The van der Waals surface area contributed by atoms with Gasteiger partial charge in [0.2, 0.25) is 0 Å². The first-order chi connectivity index (χ1) is 12.0. The van der Waals surface area contributed by atoms with E-state index in [0.717, 1.165) is 18.2 Å². The lowest BCUT2D eigenvalue weighted by Gasteiger charge is -2.25. The lowest BCUT2D eigenvalue weighted by Crippen LogP contribution is -2.39. The van der Waals surface area contributed by atoms with Crippen LogP contribution in [0.2, 0.25) is 0 Å². The normalized spacial score (nSPS) is 11.7. The van der Waals surface area contributed by atoms with Crippen LogP contribution < -0.4 is 4.90 Å². The lowest BCUT2D eigenvalue weighted by atomic mass is 10.1. The summed E-state index contributed by atoms with van der Waals surface area (Å²) in [4.78, 5) is 12.7. The third-order valence-electron chi connectivity index (χ3n) is 3.31. The molecule has 0 N–H and O–H groups in total. The van der Waals surface area contributed by atoms with Crippen molar-refractivity contribution in [2.24, 2.45) is 0 Å². The van der Waals surface area contributed by atoms with Crippen LogP contribution in [0.25, 0.3) is 0 Å². The van der Waals surface area contributed by atoms with Gasteiger partial charge in [-0.15, -0.1) is 0 Å². The molecule has 0 saturated heterocycles. The molecular formula is C17H10F6N2O. The molecule has 2 aromatic carbocycles. The number of nitriles is 1. The zero-order valence-electron chi connectivity index (χ0n) is 12.9. The van der Waals surface area contributed by atoms with Crippen LogP contribution in [0, 0.1) is 11.3 Å². The van der Waals surface area contributed by atoms with E-state index in [0.29, 0.717) is 12.1 Å². The molecule has 2 rings (SSSR count). The van der Waals surface area contributed by atoms with Crippen LogP contribution in [0.4, 0.5) is 32.0 Å². The number of hydrogen-bond acceptors (Lipinski definition) is 2. The molecule has 0 aliphatic rings. The number of anilines is 1. The maximum Gasteiger partial charge on any atom is 0.416 e. The van der Waals surface area contributed by atoms with Crippen molar-refractivity contribution in [2.45, 2.75) is 12.4 Å². The quantitative estimate of drug-likeness (QED) is 0.728. The monoisotopic (exact) mass is 372 g/mol. The van der Waals surface area contributed by atoms with Crippen LogP contribution in [0.3, 0.4) is 0 Å². The van der Waals surface area contributed by atoms with Crippen molar-refractivity contribution in [3.05, 3.63) is 65.2 Å². The highest BCUT2D eigenvalue weighted by Crippen LogP contribution is 2.33. The fraction of sp³-hybridized carbons (Fsp3) is 0.176. The summed E-state index contributed by atoms with van der Waals surface area (Å²) >= 11 is 0. The highest BCUT2D eigenvalue weighted by Gasteiger charge is 2.36. The van der Waals surface area contributed by atoms with E-state index in [1.54, 1.807) is 6.07 Å². The Morgan fingerprint density at radius 2 is 1.65 bits per heavy atom. The first-order valence-electron chi connectivity index (χ1n) is 7.07. The molecule has 0 saturated carbocycles. The van der Waals surface area contributed by atoms with E-state index in [2.05, 4.69) is 0 Å². The second-order valence-electron chi connectivity index (χ2n) is 5.25. The molecule has 0 aliphatic heterocycles. The van der Waals surface area contributed by atoms with Crippen molar-refractivity contribution in [1.82, 2.24) is 0 Å². The summed E-state index contributed by atoms with van der Waals surface area (Å²) < 4.78 is 77.1. The Kier molecular flexibility index (Phi) is 5.25. The standard InChI is InChI=1S/C17H10F6N2O/c18-16(19,20)10-25(14-6-2-5-13(8-14)17(21,22)23)15(26)12-4-1-3-11(7-12)9-24/h1-8H,10H2. The highest BCUT2D eigenvalue weighted by atomic mass is 19.4. The van der Waals surface area contributed by atoms with Crippen LogP contribution in [-0.2, 0) is 6.18 Å². The summed E-state index contributed by atoms with van der Waals surface area (Å²) in [5.41, 5.74) is -1.94. The number of hydrogen-bond donors (Lipinski definition) is 0. The Bertz CT molecular complexity index is 851. The smallest absolute Gasteiger partial charge is 0.299 e. The second kappa shape index (κ2) is 7.07. The average molecular weight is 372 g/mol. The molecule has 136 valence electrons. The Hall–Kier alpha value is -3.02. The van der Waals surface area contributed by atoms with Crippen molar-refractivity contribution in [3.8, 4) is 6.07 Å². The summed E-state index contributed by atoms with van der Waals surface area (Å²) in [6.45, 7) is -1.77. The third-order valence-corrected chi connectivity index (χ3v) is 3.31. The Morgan fingerprint density at radius 3 is 2.23 bits per heavy atom. The molecule has 1 amide bonds. The van der Waals surface area contributed by atoms with Crippen LogP contribution in [-0.4, -0.2) is 18.6 Å².